The Morgan fingerprint density at radius 2 is 1.86 bits per heavy atom. The van der Waals surface area contributed by atoms with Crippen molar-refractivity contribution in [3.63, 3.8) is 0 Å². The molecule has 0 atom stereocenters. The molecule has 1 fully saturated rings. The van der Waals surface area contributed by atoms with Crippen molar-refractivity contribution in [2.45, 2.75) is 45.1 Å². The maximum atomic E-state index is 14.1. The minimum Gasteiger partial charge on any atom is -0.478 e. The quantitative estimate of drug-likeness (QED) is 0.910. The van der Waals surface area contributed by atoms with Crippen molar-refractivity contribution in [2.75, 3.05) is 11.9 Å². The molecule has 21 heavy (non-hydrogen) atoms. The second-order valence-electron chi connectivity index (χ2n) is 5.76. The van der Waals surface area contributed by atoms with Crippen LogP contribution >= 0.6 is 0 Å². The first-order valence-corrected chi connectivity index (χ1v) is 7.39. The number of anilines is 1. The number of benzene rings is 1. The molecule has 0 aliphatic heterocycles. The summed E-state index contributed by atoms with van der Waals surface area (Å²) in [5.74, 6) is -3.08. The number of hydrogen-bond acceptors (Lipinski definition) is 2. The summed E-state index contributed by atoms with van der Waals surface area (Å²) in [6.07, 6.45) is 5.27. The highest BCUT2D eigenvalue weighted by Gasteiger charge is 2.26. The van der Waals surface area contributed by atoms with E-state index < -0.39 is 23.2 Å². The van der Waals surface area contributed by atoms with Gasteiger partial charge in [-0.2, -0.15) is 0 Å². The van der Waals surface area contributed by atoms with E-state index in [1.165, 1.54) is 6.07 Å². The van der Waals surface area contributed by atoms with Gasteiger partial charge in [0.05, 0.1) is 11.3 Å². The summed E-state index contributed by atoms with van der Waals surface area (Å²) in [7, 11) is 1.75. The van der Waals surface area contributed by atoms with Crippen molar-refractivity contribution in [1.82, 2.24) is 0 Å². The van der Waals surface area contributed by atoms with Crippen molar-refractivity contribution < 1.29 is 18.7 Å². The Morgan fingerprint density at radius 3 is 2.38 bits per heavy atom. The van der Waals surface area contributed by atoms with Crippen LogP contribution in [-0.4, -0.2) is 24.2 Å². The molecule has 0 amide bonds. The monoisotopic (exact) mass is 297 g/mol. The molecule has 1 aromatic rings. The average Bonchev–Trinajstić information content (AvgIpc) is 2.49. The van der Waals surface area contributed by atoms with Gasteiger partial charge in [-0.1, -0.05) is 13.3 Å². The van der Waals surface area contributed by atoms with E-state index in [0.717, 1.165) is 44.1 Å². The Morgan fingerprint density at radius 1 is 1.24 bits per heavy atom. The molecule has 0 unspecified atom stereocenters. The normalized spacial score (nSPS) is 22.1. The van der Waals surface area contributed by atoms with Crippen molar-refractivity contribution in [3.8, 4) is 0 Å². The molecule has 0 aromatic heterocycles. The van der Waals surface area contributed by atoms with Gasteiger partial charge in [0, 0.05) is 13.1 Å². The third-order valence-corrected chi connectivity index (χ3v) is 4.61. The number of carboxylic acids is 1. The SMILES string of the molecule is CCC1CCC(N(C)c2ccc(C(=O)O)c(F)c2F)CC1. The lowest BCUT2D eigenvalue weighted by molar-refractivity contribution is 0.0690. The Balaban J connectivity index is 2.18. The van der Waals surface area contributed by atoms with Gasteiger partial charge in [0.25, 0.3) is 0 Å². The zero-order valence-electron chi connectivity index (χ0n) is 12.4. The van der Waals surface area contributed by atoms with Crippen molar-refractivity contribution in [3.05, 3.63) is 29.3 Å². The molecule has 1 aliphatic carbocycles. The maximum absolute atomic E-state index is 14.1. The number of hydrogen-bond donors (Lipinski definition) is 1. The predicted octanol–water partition coefficient (Wildman–Crippen LogP) is 4.07. The van der Waals surface area contributed by atoms with E-state index in [2.05, 4.69) is 6.92 Å². The summed E-state index contributed by atoms with van der Waals surface area (Å²) in [5, 5.41) is 8.80. The zero-order chi connectivity index (χ0) is 15.6. The topological polar surface area (TPSA) is 40.5 Å². The third-order valence-electron chi connectivity index (χ3n) is 4.61. The van der Waals surface area contributed by atoms with Gasteiger partial charge in [0.1, 0.15) is 0 Å². The number of aromatic carboxylic acids is 1. The first kappa shape index (κ1) is 15.7. The lowest BCUT2D eigenvalue weighted by Crippen LogP contribution is -2.35. The van der Waals surface area contributed by atoms with E-state index in [1.54, 1.807) is 11.9 Å². The Labute approximate surface area is 123 Å². The molecule has 5 heteroatoms. The number of carboxylic acid groups (broad SMARTS) is 1. The van der Waals surface area contributed by atoms with E-state index in [4.69, 9.17) is 5.11 Å². The lowest BCUT2D eigenvalue weighted by atomic mass is 9.84. The fourth-order valence-corrected chi connectivity index (χ4v) is 3.11. The Bertz CT molecular complexity index is 525. The van der Waals surface area contributed by atoms with Crippen molar-refractivity contribution in [1.29, 1.82) is 0 Å². The summed E-state index contributed by atoms with van der Waals surface area (Å²) in [5.41, 5.74) is -0.489. The summed E-state index contributed by atoms with van der Waals surface area (Å²) in [6.45, 7) is 2.17. The van der Waals surface area contributed by atoms with Gasteiger partial charge in [-0.15, -0.1) is 0 Å². The fourth-order valence-electron chi connectivity index (χ4n) is 3.11. The van der Waals surface area contributed by atoms with Crippen LogP contribution in [0.25, 0.3) is 0 Å². The summed E-state index contributed by atoms with van der Waals surface area (Å²) in [4.78, 5) is 12.6. The summed E-state index contributed by atoms with van der Waals surface area (Å²) < 4.78 is 27.9. The van der Waals surface area contributed by atoms with E-state index in [-0.39, 0.29) is 11.7 Å². The second kappa shape index (κ2) is 6.41. The molecule has 116 valence electrons. The molecule has 1 saturated carbocycles. The van der Waals surface area contributed by atoms with Gasteiger partial charge >= 0.3 is 5.97 Å². The highest BCUT2D eigenvalue weighted by Crippen LogP contribution is 2.33. The van der Waals surface area contributed by atoms with E-state index in [1.807, 2.05) is 0 Å². The highest BCUT2D eigenvalue weighted by atomic mass is 19.2. The van der Waals surface area contributed by atoms with Crippen LogP contribution in [0.3, 0.4) is 0 Å². The van der Waals surface area contributed by atoms with Gasteiger partial charge in [0.2, 0.25) is 0 Å². The molecular weight excluding hydrogens is 276 g/mol. The molecule has 0 bridgehead atoms. The van der Waals surface area contributed by atoms with Gasteiger partial charge < -0.3 is 10.0 Å². The summed E-state index contributed by atoms with van der Waals surface area (Å²) >= 11 is 0. The molecule has 0 heterocycles. The van der Waals surface area contributed by atoms with Crippen LogP contribution in [0, 0.1) is 17.6 Å². The smallest absolute Gasteiger partial charge is 0.338 e. The largest absolute Gasteiger partial charge is 0.478 e. The van der Waals surface area contributed by atoms with Crippen LogP contribution < -0.4 is 4.90 Å². The predicted molar refractivity (Wildman–Crippen MR) is 77.8 cm³/mol. The number of rotatable bonds is 4. The number of carbonyl (C=O) groups is 1. The second-order valence-corrected chi connectivity index (χ2v) is 5.76. The van der Waals surface area contributed by atoms with Crippen LogP contribution in [0.1, 0.15) is 49.4 Å². The molecule has 2 rings (SSSR count). The van der Waals surface area contributed by atoms with Crippen LogP contribution in [-0.2, 0) is 0 Å². The zero-order valence-corrected chi connectivity index (χ0v) is 12.4. The maximum Gasteiger partial charge on any atom is 0.338 e. The molecular formula is C16H21F2NO2. The van der Waals surface area contributed by atoms with Gasteiger partial charge in [0.15, 0.2) is 11.6 Å². The van der Waals surface area contributed by atoms with Crippen LogP contribution in [0.2, 0.25) is 0 Å². The summed E-state index contributed by atoms with van der Waals surface area (Å²) in [6, 6.07) is 2.66. The molecule has 0 saturated heterocycles. The first-order valence-electron chi connectivity index (χ1n) is 7.39. The fraction of sp³-hybridized carbons (Fsp3) is 0.562. The van der Waals surface area contributed by atoms with E-state index in [9.17, 15) is 13.6 Å². The number of nitrogens with zero attached hydrogens (tertiary/aromatic N) is 1. The Hall–Kier alpha value is -1.65. The minimum atomic E-state index is -1.45. The molecule has 0 radical (unpaired) electrons. The Kier molecular flexibility index (Phi) is 4.80. The molecule has 1 aromatic carbocycles. The third kappa shape index (κ3) is 3.17. The average molecular weight is 297 g/mol. The van der Waals surface area contributed by atoms with Crippen LogP contribution in [0.5, 0.6) is 0 Å². The molecule has 3 nitrogen and oxygen atoms in total. The number of halogens is 2. The molecule has 1 aliphatic rings. The van der Waals surface area contributed by atoms with Gasteiger partial charge in [-0.25, -0.2) is 13.6 Å². The minimum absolute atomic E-state index is 0.137. The molecule has 0 spiro atoms. The van der Waals surface area contributed by atoms with Crippen molar-refractivity contribution >= 4 is 11.7 Å². The van der Waals surface area contributed by atoms with E-state index in [0.29, 0.717) is 0 Å². The highest BCUT2D eigenvalue weighted by molar-refractivity contribution is 5.88. The lowest BCUT2D eigenvalue weighted by Gasteiger charge is -2.36. The molecule has 1 N–H and O–H groups in total. The first-order chi connectivity index (χ1) is 9.95. The van der Waals surface area contributed by atoms with Gasteiger partial charge in [-0.05, 0) is 43.7 Å². The van der Waals surface area contributed by atoms with Crippen molar-refractivity contribution in [2.24, 2.45) is 5.92 Å². The van der Waals surface area contributed by atoms with Crippen LogP contribution in [0.4, 0.5) is 14.5 Å². The standard InChI is InChI=1S/C16H21F2NO2/c1-3-10-4-6-11(7-5-10)19(2)13-9-8-12(16(20)21)14(17)15(13)18/h8-11H,3-7H2,1-2H3,(H,20,21). The van der Waals surface area contributed by atoms with Crippen LogP contribution in [0.15, 0.2) is 12.1 Å². The van der Waals surface area contributed by atoms with Gasteiger partial charge in [-0.3, -0.25) is 0 Å². The van der Waals surface area contributed by atoms with E-state index >= 15 is 0 Å².